The third kappa shape index (κ3) is 9.91. The Morgan fingerprint density at radius 3 is 2.54 bits per heavy atom. The summed E-state index contributed by atoms with van der Waals surface area (Å²) in [6.45, 7) is 7.79. The van der Waals surface area contributed by atoms with Crippen LogP contribution in [0, 0.1) is 6.92 Å². The number of sulfonamides is 1. The highest BCUT2D eigenvalue weighted by Crippen LogP contribution is 2.20. The zero-order valence-electron chi connectivity index (χ0n) is 17.8. The van der Waals surface area contributed by atoms with Crippen LogP contribution in [-0.2, 0) is 21.3 Å². The van der Waals surface area contributed by atoms with Crippen LogP contribution in [0.25, 0.3) is 0 Å². The number of aryl methyl sites for hydroxylation is 1. The van der Waals surface area contributed by atoms with Crippen LogP contribution in [0.1, 0.15) is 31.4 Å². The van der Waals surface area contributed by atoms with Crippen LogP contribution in [-0.4, -0.2) is 60.1 Å². The molecule has 0 aliphatic carbocycles. The lowest BCUT2D eigenvalue weighted by Gasteiger charge is -2.26. The van der Waals surface area contributed by atoms with Crippen molar-refractivity contribution in [2.24, 2.45) is 4.99 Å². The van der Waals surface area contributed by atoms with Crippen LogP contribution in [0.4, 0.5) is 0 Å². The summed E-state index contributed by atoms with van der Waals surface area (Å²) in [5, 5.41) is 6.39. The van der Waals surface area contributed by atoms with E-state index in [1.807, 2.05) is 25.1 Å². The molecular formula is C19H34N4O4S. The number of nitrogens with zero attached hydrogens (tertiary/aromatic N) is 1. The van der Waals surface area contributed by atoms with Crippen molar-refractivity contribution in [3.8, 4) is 5.75 Å². The summed E-state index contributed by atoms with van der Waals surface area (Å²) < 4.78 is 36.5. The van der Waals surface area contributed by atoms with E-state index in [9.17, 15) is 8.42 Å². The third-order valence-electron chi connectivity index (χ3n) is 3.80. The molecule has 160 valence electrons. The number of rotatable bonds is 11. The Kier molecular flexibility index (Phi) is 9.71. The van der Waals surface area contributed by atoms with Gasteiger partial charge in [-0.25, -0.2) is 13.1 Å². The van der Waals surface area contributed by atoms with Gasteiger partial charge in [-0.05, 0) is 32.4 Å². The van der Waals surface area contributed by atoms with Gasteiger partial charge < -0.3 is 20.1 Å². The summed E-state index contributed by atoms with van der Waals surface area (Å²) in [6, 6.07) is 6.07. The fourth-order valence-electron chi connectivity index (χ4n) is 2.57. The van der Waals surface area contributed by atoms with Gasteiger partial charge >= 0.3 is 0 Å². The number of hydrogen-bond acceptors (Lipinski definition) is 5. The van der Waals surface area contributed by atoms with Crippen LogP contribution in [0.5, 0.6) is 5.75 Å². The van der Waals surface area contributed by atoms with Gasteiger partial charge in [0, 0.05) is 51.4 Å². The molecule has 1 aromatic carbocycles. The Hall–Kier alpha value is -1.84. The molecule has 0 saturated heterocycles. The first-order valence-electron chi connectivity index (χ1n) is 9.21. The van der Waals surface area contributed by atoms with Crippen molar-refractivity contribution in [1.82, 2.24) is 15.4 Å². The van der Waals surface area contributed by atoms with Gasteiger partial charge in [0.05, 0.1) is 12.9 Å². The van der Waals surface area contributed by atoms with Crippen LogP contribution in [0.3, 0.4) is 0 Å². The molecule has 0 aliphatic heterocycles. The third-order valence-corrected chi connectivity index (χ3v) is 4.73. The van der Waals surface area contributed by atoms with Crippen LogP contribution in [0.15, 0.2) is 23.2 Å². The highest BCUT2D eigenvalue weighted by molar-refractivity contribution is 7.88. The molecule has 8 nitrogen and oxygen atoms in total. The second-order valence-electron chi connectivity index (χ2n) is 7.34. The molecule has 0 heterocycles. The summed E-state index contributed by atoms with van der Waals surface area (Å²) in [5.74, 6) is 1.41. The molecule has 0 radical (unpaired) electrons. The molecule has 1 rings (SSSR count). The molecule has 9 heteroatoms. The molecular weight excluding hydrogens is 380 g/mol. The van der Waals surface area contributed by atoms with E-state index < -0.39 is 15.6 Å². The van der Waals surface area contributed by atoms with Gasteiger partial charge in [-0.3, -0.25) is 4.99 Å². The smallest absolute Gasteiger partial charge is 0.209 e. The van der Waals surface area contributed by atoms with Gasteiger partial charge in [-0.2, -0.15) is 0 Å². The van der Waals surface area contributed by atoms with E-state index in [2.05, 4.69) is 20.3 Å². The number of aliphatic imine (C=N–C) groups is 1. The molecule has 0 fully saturated rings. The molecule has 1 aromatic rings. The van der Waals surface area contributed by atoms with E-state index in [1.54, 1.807) is 28.0 Å². The second kappa shape index (κ2) is 11.2. The summed E-state index contributed by atoms with van der Waals surface area (Å²) in [7, 11) is 0.0540. The topological polar surface area (TPSA) is 101 Å². The van der Waals surface area contributed by atoms with E-state index >= 15 is 0 Å². The first-order valence-corrected chi connectivity index (χ1v) is 11.1. The number of hydrogen-bond donors (Lipinski definition) is 3. The van der Waals surface area contributed by atoms with E-state index in [0.29, 0.717) is 32.3 Å². The highest BCUT2D eigenvalue weighted by atomic mass is 32.2. The molecule has 0 bridgehead atoms. The Morgan fingerprint density at radius 2 is 1.93 bits per heavy atom. The summed E-state index contributed by atoms with van der Waals surface area (Å²) in [6.07, 6.45) is 1.97. The number of ether oxygens (including phenoxy) is 2. The average molecular weight is 415 g/mol. The van der Waals surface area contributed by atoms with E-state index in [-0.39, 0.29) is 0 Å². The minimum absolute atomic E-state index is 0.383. The maximum absolute atomic E-state index is 11.5. The van der Waals surface area contributed by atoms with Crippen molar-refractivity contribution in [2.75, 3.05) is 40.2 Å². The van der Waals surface area contributed by atoms with Crippen molar-refractivity contribution in [2.45, 2.75) is 39.3 Å². The lowest BCUT2D eigenvalue weighted by atomic mass is 10.1. The largest absolute Gasteiger partial charge is 0.493 e. The van der Waals surface area contributed by atoms with E-state index in [1.165, 1.54) is 0 Å². The molecule has 0 unspecified atom stereocenters. The molecule has 28 heavy (non-hydrogen) atoms. The highest BCUT2D eigenvalue weighted by Gasteiger charge is 2.22. The lowest BCUT2D eigenvalue weighted by molar-refractivity contribution is 0.171. The van der Waals surface area contributed by atoms with Gasteiger partial charge in [0.2, 0.25) is 10.0 Å². The normalized spacial score (nSPS) is 12.7. The first-order chi connectivity index (χ1) is 13.1. The average Bonchev–Trinajstić information content (AvgIpc) is 2.58. The molecule has 0 aromatic heterocycles. The van der Waals surface area contributed by atoms with Crippen LogP contribution in [0.2, 0.25) is 0 Å². The predicted octanol–water partition coefficient (Wildman–Crippen LogP) is 1.40. The van der Waals surface area contributed by atoms with Crippen molar-refractivity contribution in [3.05, 3.63) is 29.3 Å². The molecule has 0 amide bonds. The molecule has 3 N–H and O–H groups in total. The van der Waals surface area contributed by atoms with Crippen molar-refractivity contribution < 1.29 is 17.9 Å². The first kappa shape index (κ1) is 24.2. The van der Waals surface area contributed by atoms with Gasteiger partial charge in [-0.1, -0.05) is 12.1 Å². The van der Waals surface area contributed by atoms with Crippen LogP contribution >= 0.6 is 0 Å². The van der Waals surface area contributed by atoms with Crippen molar-refractivity contribution >= 4 is 16.0 Å². The second-order valence-corrected chi connectivity index (χ2v) is 9.09. The maximum Gasteiger partial charge on any atom is 0.209 e. The zero-order chi connectivity index (χ0) is 21.2. The summed E-state index contributed by atoms with van der Waals surface area (Å²) >= 11 is 0. The quantitative estimate of drug-likeness (QED) is 0.287. The van der Waals surface area contributed by atoms with E-state index in [4.69, 9.17) is 9.47 Å². The summed E-state index contributed by atoms with van der Waals surface area (Å²) in [4.78, 5) is 4.20. The lowest BCUT2D eigenvalue weighted by Crippen LogP contribution is -2.52. The van der Waals surface area contributed by atoms with Gasteiger partial charge in [0.25, 0.3) is 0 Å². The number of guanidine groups is 1. The van der Waals surface area contributed by atoms with Gasteiger partial charge in [0.1, 0.15) is 5.75 Å². The number of benzene rings is 1. The Labute approximate surface area is 169 Å². The van der Waals surface area contributed by atoms with Gasteiger partial charge in [-0.15, -0.1) is 0 Å². The monoisotopic (exact) mass is 414 g/mol. The number of methoxy groups -OCH3 is 1. The Morgan fingerprint density at radius 1 is 1.21 bits per heavy atom. The minimum atomic E-state index is -3.29. The zero-order valence-corrected chi connectivity index (χ0v) is 18.6. The van der Waals surface area contributed by atoms with Gasteiger partial charge in [0.15, 0.2) is 5.96 Å². The molecule has 0 saturated carbocycles. The van der Waals surface area contributed by atoms with Crippen LogP contribution < -0.4 is 20.1 Å². The van der Waals surface area contributed by atoms with Crippen molar-refractivity contribution in [1.29, 1.82) is 0 Å². The summed E-state index contributed by atoms with van der Waals surface area (Å²) in [5.41, 5.74) is 1.49. The predicted molar refractivity (Wildman–Crippen MR) is 113 cm³/mol. The Balaban J connectivity index is 2.65. The maximum atomic E-state index is 11.5. The molecule has 0 atom stereocenters. The van der Waals surface area contributed by atoms with Crippen molar-refractivity contribution in [3.63, 3.8) is 0 Å². The number of nitrogens with one attached hydrogen (secondary N) is 3. The Bertz CT molecular complexity index is 748. The molecule has 0 aliphatic rings. The minimum Gasteiger partial charge on any atom is -0.493 e. The van der Waals surface area contributed by atoms with E-state index in [0.717, 1.165) is 29.6 Å². The SMILES string of the molecule is CN=C(NCc1ccc(C)cc1OCCCOC)NCC(C)(C)NS(C)(=O)=O. The fourth-order valence-corrected chi connectivity index (χ4v) is 3.65. The molecule has 0 spiro atoms. The standard InChI is InChI=1S/C19H34N4O4S/c1-15-8-9-16(17(12-15)27-11-7-10-26-5)13-21-18(20-4)22-14-19(2,3)23-28(6,24)25/h8-9,12,23H,7,10-11,13-14H2,1-6H3,(H2,20,21,22). The fraction of sp³-hybridized carbons (Fsp3) is 0.632.